The number of hydrogen-bond donors (Lipinski definition) is 4. The Labute approximate surface area is 92.8 Å². The van der Waals surface area contributed by atoms with Crippen molar-refractivity contribution in [3.63, 3.8) is 0 Å². The van der Waals surface area contributed by atoms with Crippen molar-refractivity contribution in [2.24, 2.45) is 0 Å². The lowest BCUT2D eigenvalue weighted by atomic mass is 10.0. The molecule has 5 atom stereocenters. The summed E-state index contributed by atoms with van der Waals surface area (Å²) in [6.45, 7) is -0.750. The summed E-state index contributed by atoms with van der Waals surface area (Å²) in [6.07, 6.45) is -6.63. The molecule has 1 heterocycles. The van der Waals surface area contributed by atoms with Gasteiger partial charge in [0.1, 0.15) is 29.9 Å². The largest absolute Gasteiger partial charge is 0.444 e. The smallest absolute Gasteiger partial charge is 0.394 e. The van der Waals surface area contributed by atoms with E-state index in [4.69, 9.17) is 5.11 Å². The maximum absolute atomic E-state index is 12.0. The first-order valence-electron chi connectivity index (χ1n) is 4.31. The standard InChI is InChI=1S/C7H11F3O5S/c8-7(9,10)16-6-5(14)4(13)3(12)2(1-11)15-6/h2-6,11-14H,1H2/t2-,3-,4+,5-,6+/m1/s1. The van der Waals surface area contributed by atoms with Crippen LogP contribution < -0.4 is 0 Å². The summed E-state index contributed by atoms with van der Waals surface area (Å²) < 4.78 is 40.7. The van der Waals surface area contributed by atoms with Crippen LogP contribution in [-0.2, 0) is 4.74 Å². The molecule has 1 saturated heterocycles. The lowest BCUT2D eigenvalue weighted by molar-refractivity contribution is -0.207. The van der Waals surface area contributed by atoms with Gasteiger partial charge in [0.2, 0.25) is 0 Å². The molecule has 0 radical (unpaired) electrons. The van der Waals surface area contributed by atoms with Gasteiger partial charge in [0.15, 0.2) is 0 Å². The minimum Gasteiger partial charge on any atom is -0.394 e. The zero-order valence-corrected chi connectivity index (χ0v) is 8.65. The first kappa shape index (κ1) is 14.0. The Morgan fingerprint density at radius 1 is 1.06 bits per heavy atom. The van der Waals surface area contributed by atoms with E-state index in [-0.39, 0.29) is 0 Å². The Morgan fingerprint density at radius 3 is 2.06 bits per heavy atom. The summed E-state index contributed by atoms with van der Waals surface area (Å²) in [6, 6.07) is 0. The second-order valence-electron chi connectivity index (χ2n) is 3.26. The predicted molar refractivity (Wildman–Crippen MR) is 47.4 cm³/mol. The molecule has 0 aliphatic carbocycles. The highest BCUT2D eigenvalue weighted by molar-refractivity contribution is 8.00. The van der Waals surface area contributed by atoms with E-state index in [0.717, 1.165) is 0 Å². The monoisotopic (exact) mass is 264 g/mol. The second-order valence-corrected chi connectivity index (χ2v) is 4.42. The van der Waals surface area contributed by atoms with E-state index in [0.29, 0.717) is 0 Å². The van der Waals surface area contributed by atoms with Crippen molar-refractivity contribution in [1.29, 1.82) is 0 Å². The number of aliphatic hydroxyl groups excluding tert-OH is 4. The van der Waals surface area contributed by atoms with Gasteiger partial charge in [0, 0.05) is 0 Å². The third kappa shape index (κ3) is 3.22. The molecule has 96 valence electrons. The van der Waals surface area contributed by atoms with Crippen LogP contribution in [0.2, 0.25) is 0 Å². The molecule has 0 aromatic carbocycles. The van der Waals surface area contributed by atoms with E-state index in [1.165, 1.54) is 0 Å². The molecule has 0 aromatic heterocycles. The van der Waals surface area contributed by atoms with Gasteiger partial charge in [-0.25, -0.2) is 0 Å². The molecule has 1 aliphatic rings. The van der Waals surface area contributed by atoms with E-state index >= 15 is 0 Å². The SMILES string of the molecule is OC[C@H]1O[C@@H](SC(F)(F)F)[C@H](O)[C@@H](O)[C@@H]1O. The van der Waals surface area contributed by atoms with Crippen LogP contribution in [0.15, 0.2) is 0 Å². The molecule has 0 unspecified atom stereocenters. The highest BCUT2D eigenvalue weighted by atomic mass is 32.2. The number of aliphatic hydroxyl groups is 4. The summed E-state index contributed by atoms with van der Waals surface area (Å²) in [5, 5.41) is 36.4. The van der Waals surface area contributed by atoms with Crippen LogP contribution in [-0.4, -0.2) is 62.4 Å². The molecule has 0 aromatic rings. The summed E-state index contributed by atoms with van der Waals surface area (Å²) in [5.74, 6) is 0. The highest BCUT2D eigenvalue weighted by Crippen LogP contribution is 2.39. The Hall–Kier alpha value is -0.0600. The topological polar surface area (TPSA) is 90.2 Å². The molecular formula is C7H11F3O5S. The van der Waals surface area contributed by atoms with Gasteiger partial charge in [-0.1, -0.05) is 0 Å². The van der Waals surface area contributed by atoms with Crippen LogP contribution in [0, 0.1) is 0 Å². The van der Waals surface area contributed by atoms with Crippen molar-refractivity contribution in [2.75, 3.05) is 6.61 Å². The van der Waals surface area contributed by atoms with Crippen LogP contribution in [0.3, 0.4) is 0 Å². The minimum atomic E-state index is -4.65. The van der Waals surface area contributed by atoms with Crippen molar-refractivity contribution in [2.45, 2.75) is 35.4 Å². The van der Waals surface area contributed by atoms with Crippen LogP contribution in [0.5, 0.6) is 0 Å². The molecule has 1 fully saturated rings. The number of halogens is 3. The first-order valence-corrected chi connectivity index (χ1v) is 5.19. The van der Waals surface area contributed by atoms with Crippen LogP contribution >= 0.6 is 11.8 Å². The lowest BCUT2D eigenvalue weighted by Crippen LogP contribution is -2.57. The molecule has 1 aliphatic heterocycles. The Balaban J connectivity index is 2.71. The highest BCUT2D eigenvalue weighted by Gasteiger charge is 2.48. The molecule has 5 nitrogen and oxygen atoms in total. The molecular weight excluding hydrogens is 253 g/mol. The number of ether oxygens (including phenoxy) is 1. The van der Waals surface area contributed by atoms with Crippen LogP contribution in [0.4, 0.5) is 13.2 Å². The third-order valence-electron chi connectivity index (χ3n) is 2.10. The average Bonchev–Trinajstić information content (AvgIpc) is 2.17. The van der Waals surface area contributed by atoms with E-state index < -0.39 is 53.7 Å². The Bertz CT molecular complexity index is 237. The van der Waals surface area contributed by atoms with Gasteiger partial charge >= 0.3 is 5.51 Å². The average molecular weight is 264 g/mol. The molecule has 1 rings (SSSR count). The Kier molecular flexibility index (Phi) is 4.43. The number of rotatable bonds is 2. The third-order valence-corrected chi connectivity index (χ3v) is 2.99. The van der Waals surface area contributed by atoms with E-state index in [9.17, 15) is 28.5 Å². The fraction of sp³-hybridized carbons (Fsp3) is 1.00. The second kappa shape index (κ2) is 5.07. The molecule has 0 saturated carbocycles. The maximum atomic E-state index is 12.0. The molecule has 16 heavy (non-hydrogen) atoms. The van der Waals surface area contributed by atoms with Crippen molar-refractivity contribution in [1.82, 2.24) is 0 Å². The summed E-state index contributed by atoms with van der Waals surface area (Å²) >= 11 is -0.644. The van der Waals surface area contributed by atoms with Crippen molar-refractivity contribution < 1.29 is 38.3 Å². The minimum absolute atomic E-state index is 0.644. The molecule has 0 amide bonds. The summed E-state index contributed by atoms with van der Waals surface area (Å²) in [7, 11) is 0. The van der Waals surface area contributed by atoms with Gasteiger partial charge in [-0.2, -0.15) is 13.2 Å². The Morgan fingerprint density at radius 2 is 1.62 bits per heavy atom. The van der Waals surface area contributed by atoms with Gasteiger partial charge in [0.05, 0.1) is 6.61 Å². The van der Waals surface area contributed by atoms with Crippen LogP contribution in [0.1, 0.15) is 0 Å². The zero-order valence-electron chi connectivity index (χ0n) is 7.83. The van der Waals surface area contributed by atoms with Gasteiger partial charge in [-0.05, 0) is 11.8 Å². The van der Waals surface area contributed by atoms with Crippen molar-refractivity contribution in [3.8, 4) is 0 Å². The van der Waals surface area contributed by atoms with Crippen LogP contribution in [0.25, 0.3) is 0 Å². The number of hydrogen-bond acceptors (Lipinski definition) is 6. The fourth-order valence-corrected chi connectivity index (χ4v) is 2.06. The van der Waals surface area contributed by atoms with Gasteiger partial charge in [-0.3, -0.25) is 0 Å². The first-order chi connectivity index (χ1) is 7.26. The molecule has 9 heteroatoms. The summed E-state index contributed by atoms with van der Waals surface area (Å²) in [4.78, 5) is 0. The molecule has 0 spiro atoms. The molecule has 4 N–H and O–H groups in total. The number of alkyl halides is 3. The normalized spacial score (nSPS) is 41.1. The van der Waals surface area contributed by atoms with E-state index in [2.05, 4.69) is 4.74 Å². The van der Waals surface area contributed by atoms with Gasteiger partial charge < -0.3 is 25.2 Å². The quantitative estimate of drug-likeness (QED) is 0.513. The van der Waals surface area contributed by atoms with E-state index in [1.807, 2.05) is 0 Å². The van der Waals surface area contributed by atoms with Crippen molar-refractivity contribution in [3.05, 3.63) is 0 Å². The fourth-order valence-electron chi connectivity index (χ4n) is 1.30. The number of thioether (sulfide) groups is 1. The molecule has 0 bridgehead atoms. The summed E-state index contributed by atoms with van der Waals surface area (Å²) in [5.41, 5.74) is -6.41. The van der Waals surface area contributed by atoms with E-state index in [1.54, 1.807) is 0 Å². The van der Waals surface area contributed by atoms with Gasteiger partial charge in [-0.15, -0.1) is 0 Å². The maximum Gasteiger partial charge on any atom is 0.444 e. The van der Waals surface area contributed by atoms with Gasteiger partial charge in [0.25, 0.3) is 0 Å². The zero-order chi connectivity index (χ0) is 12.5. The lowest BCUT2D eigenvalue weighted by Gasteiger charge is -2.39. The van der Waals surface area contributed by atoms with Crippen molar-refractivity contribution >= 4 is 11.8 Å². The predicted octanol–water partition coefficient (Wildman–Crippen LogP) is -0.961.